The Morgan fingerprint density at radius 3 is 2.33 bits per heavy atom. The van der Waals surface area contributed by atoms with E-state index >= 15 is 0 Å². The van der Waals surface area contributed by atoms with Gasteiger partial charge in [-0.2, -0.15) is 9.97 Å². The molecule has 2 aromatic heterocycles. The average Bonchev–Trinajstić information content (AvgIpc) is 2.79. The molecule has 0 unspecified atom stereocenters. The van der Waals surface area contributed by atoms with Crippen LogP contribution >= 0.6 is 0 Å². The van der Waals surface area contributed by atoms with Crippen molar-refractivity contribution in [3.05, 3.63) is 54.2 Å². The Morgan fingerprint density at radius 2 is 1.70 bits per heavy atom. The second kappa shape index (κ2) is 10.2. The molecule has 9 heteroatoms. The molecule has 156 valence electrons. The minimum Gasteiger partial charge on any atom is -0.481 e. The normalized spacial score (nSPS) is 10.4. The summed E-state index contributed by atoms with van der Waals surface area (Å²) in [6.45, 7) is 2.02. The minimum absolute atomic E-state index is 0.0202. The molecule has 2 heterocycles. The smallest absolute Gasteiger partial charge is 0.346 e. The molecule has 0 aliphatic carbocycles. The van der Waals surface area contributed by atoms with Crippen molar-refractivity contribution in [1.82, 2.24) is 15.0 Å². The number of pyridine rings is 1. The first-order chi connectivity index (χ1) is 14.7. The van der Waals surface area contributed by atoms with Gasteiger partial charge in [0.15, 0.2) is 6.79 Å². The van der Waals surface area contributed by atoms with Crippen LogP contribution in [-0.2, 0) is 9.47 Å². The number of ether oxygens (including phenoxy) is 5. The van der Waals surface area contributed by atoms with Crippen molar-refractivity contribution in [2.45, 2.75) is 6.92 Å². The third kappa shape index (κ3) is 5.00. The molecular weight excluding hydrogens is 390 g/mol. The van der Waals surface area contributed by atoms with Gasteiger partial charge in [-0.05, 0) is 18.6 Å². The highest BCUT2D eigenvalue weighted by Crippen LogP contribution is 2.32. The van der Waals surface area contributed by atoms with Crippen molar-refractivity contribution < 1.29 is 28.5 Å². The first kappa shape index (κ1) is 21.0. The topological polar surface area (TPSA) is 102 Å². The molecule has 0 saturated heterocycles. The molecule has 0 radical (unpaired) electrons. The number of carbonyl (C=O) groups is 1. The van der Waals surface area contributed by atoms with Gasteiger partial charge in [0.2, 0.25) is 17.6 Å². The molecule has 3 rings (SSSR count). The molecule has 0 bridgehead atoms. The molecule has 0 N–H and O–H groups in total. The Hall–Kier alpha value is -3.72. The van der Waals surface area contributed by atoms with E-state index in [1.807, 2.05) is 30.3 Å². The number of rotatable bonds is 9. The van der Waals surface area contributed by atoms with Crippen molar-refractivity contribution in [1.29, 1.82) is 0 Å². The van der Waals surface area contributed by atoms with Crippen molar-refractivity contribution in [3.8, 4) is 34.8 Å². The maximum absolute atomic E-state index is 12.9. The van der Waals surface area contributed by atoms with E-state index in [9.17, 15) is 4.79 Å². The summed E-state index contributed by atoms with van der Waals surface area (Å²) in [7, 11) is 2.91. The average molecular weight is 411 g/mol. The van der Waals surface area contributed by atoms with E-state index in [-0.39, 0.29) is 36.0 Å². The van der Waals surface area contributed by atoms with Crippen molar-refractivity contribution in [2.24, 2.45) is 0 Å². The van der Waals surface area contributed by atoms with Crippen LogP contribution in [0.3, 0.4) is 0 Å². The molecule has 0 atom stereocenters. The highest BCUT2D eigenvalue weighted by Gasteiger charge is 2.23. The number of esters is 1. The van der Waals surface area contributed by atoms with Gasteiger partial charge < -0.3 is 23.7 Å². The van der Waals surface area contributed by atoms with Crippen LogP contribution < -0.4 is 14.2 Å². The van der Waals surface area contributed by atoms with Crippen molar-refractivity contribution in [3.63, 3.8) is 0 Å². The molecule has 1 aromatic carbocycles. The largest absolute Gasteiger partial charge is 0.481 e. The SMILES string of the molecule is CCOCOC(=O)c1c(-c2ccccc2)ccnc1Oc1nc(OC)cc(OC)n1. The van der Waals surface area contributed by atoms with E-state index in [0.29, 0.717) is 12.2 Å². The Bertz CT molecular complexity index is 975. The molecule has 0 spiro atoms. The van der Waals surface area contributed by atoms with E-state index in [4.69, 9.17) is 23.7 Å². The first-order valence-corrected chi connectivity index (χ1v) is 9.10. The fourth-order valence-corrected chi connectivity index (χ4v) is 2.55. The van der Waals surface area contributed by atoms with E-state index in [0.717, 1.165) is 5.56 Å². The van der Waals surface area contributed by atoms with Gasteiger partial charge in [-0.3, -0.25) is 0 Å². The van der Waals surface area contributed by atoms with Gasteiger partial charge >= 0.3 is 12.0 Å². The predicted molar refractivity (Wildman–Crippen MR) is 107 cm³/mol. The molecule has 0 fully saturated rings. The summed E-state index contributed by atoms with van der Waals surface area (Å²) in [5, 5.41) is 0. The Morgan fingerprint density at radius 1 is 1.00 bits per heavy atom. The van der Waals surface area contributed by atoms with E-state index < -0.39 is 5.97 Å². The lowest BCUT2D eigenvalue weighted by Gasteiger charge is -2.14. The fourth-order valence-electron chi connectivity index (χ4n) is 2.55. The summed E-state index contributed by atoms with van der Waals surface area (Å²) in [5.41, 5.74) is 1.49. The summed E-state index contributed by atoms with van der Waals surface area (Å²) in [6.07, 6.45) is 1.52. The number of hydrogen-bond acceptors (Lipinski definition) is 9. The van der Waals surface area contributed by atoms with Crippen LogP contribution in [0.2, 0.25) is 0 Å². The second-order valence-electron chi connectivity index (χ2n) is 5.78. The predicted octanol–water partition coefficient (Wildman–Crippen LogP) is 3.50. The summed E-state index contributed by atoms with van der Waals surface area (Å²) < 4.78 is 26.4. The maximum Gasteiger partial charge on any atom is 0.346 e. The Balaban J connectivity index is 2.04. The summed E-state index contributed by atoms with van der Waals surface area (Å²) in [6, 6.07) is 12.4. The first-order valence-electron chi connectivity index (χ1n) is 9.10. The second-order valence-corrected chi connectivity index (χ2v) is 5.78. The van der Waals surface area contributed by atoms with Gasteiger partial charge in [0.25, 0.3) is 0 Å². The number of aromatic nitrogens is 3. The molecule has 0 aliphatic heterocycles. The van der Waals surface area contributed by atoms with Gasteiger partial charge in [0.1, 0.15) is 5.56 Å². The third-order valence-electron chi connectivity index (χ3n) is 3.95. The van der Waals surface area contributed by atoms with E-state index in [1.54, 1.807) is 13.0 Å². The monoisotopic (exact) mass is 411 g/mol. The molecule has 0 saturated carbocycles. The summed E-state index contributed by atoms with van der Waals surface area (Å²) >= 11 is 0. The zero-order valence-corrected chi connectivity index (χ0v) is 16.8. The molecule has 0 aliphatic rings. The van der Waals surface area contributed by atoms with E-state index in [1.165, 1.54) is 26.5 Å². The number of benzene rings is 1. The number of carbonyl (C=O) groups excluding carboxylic acids is 1. The quantitative estimate of drug-likeness (QED) is 0.297. The van der Waals surface area contributed by atoms with Gasteiger partial charge in [-0.25, -0.2) is 9.78 Å². The van der Waals surface area contributed by atoms with Crippen LogP contribution in [0.15, 0.2) is 48.7 Å². The minimum atomic E-state index is -0.653. The zero-order valence-electron chi connectivity index (χ0n) is 16.8. The molecule has 9 nitrogen and oxygen atoms in total. The number of hydrogen-bond donors (Lipinski definition) is 0. The van der Waals surface area contributed by atoms with Crippen LogP contribution in [0.5, 0.6) is 23.7 Å². The Kier molecular flexibility index (Phi) is 7.12. The molecule has 3 aromatic rings. The van der Waals surface area contributed by atoms with Gasteiger partial charge in [-0.1, -0.05) is 30.3 Å². The van der Waals surface area contributed by atoms with Gasteiger partial charge in [0.05, 0.1) is 20.3 Å². The number of nitrogens with zero attached hydrogens (tertiary/aromatic N) is 3. The lowest BCUT2D eigenvalue weighted by atomic mass is 10.0. The van der Waals surface area contributed by atoms with Crippen molar-refractivity contribution >= 4 is 5.97 Å². The Labute approximate surface area is 173 Å². The fraction of sp³-hybridized carbons (Fsp3) is 0.238. The van der Waals surface area contributed by atoms with Crippen molar-refractivity contribution in [2.75, 3.05) is 27.6 Å². The van der Waals surface area contributed by atoms with Crippen LogP contribution in [0.4, 0.5) is 0 Å². The lowest BCUT2D eigenvalue weighted by molar-refractivity contribution is -0.0275. The third-order valence-corrected chi connectivity index (χ3v) is 3.95. The molecular formula is C21H21N3O6. The zero-order chi connectivity index (χ0) is 21.3. The van der Waals surface area contributed by atoms with Crippen LogP contribution in [0.25, 0.3) is 11.1 Å². The van der Waals surface area contributed by atoms with Gasteiger partial charge in [0, 0.05) is 18.4 Å². The lowest BCUT2D eigenvalue weighted by Crippen LogP contribution is -2.12. The molecule has 0 amide bonds. The summed E-state index contributed by atoms with van der Waals surface area (Å²) in [5.74, 6) is -0.207. The maximum atomic E-state index is 12.9. The highest BCUT2D eigenvalue weighted by molar-refractivity contribution is 5.99. The van der Waals surface area contributed by atoms with Gasteiger partial charge in [-0.15, -0.1) is 0 Å². The van der Waals surface area contributed by atoms with Crippen LogP contribution in [0.1, 0.15) is 17.3 Å². The highest BCUT2D eigenvalue weighted by atomic mass is 16.7. The molecule has 30 heavy (non-hydrogen) atoms. The summed E-state index contributed by atoms with van der Waals surface area (Å²) in [4.78, 5) is 25.3. The standard InChI is InChI=1S/C21H21N3O6/c1-4-28-13-29-20(25)18-15(14-8-6-5-7-9-14)10-11-22-19(18)30-21-23-16(26-2)12-17(24-21)27-3/h5-12H,4,13H2,1-3H3. The van der Waals surface area contributed by atoms with E-state index in [2.05, 4.69) is 15.0 Å². The number of methoxy groups -OCH3 is 2. The van der Waals surface area contributed by atoms with Crippen LogP contribution in [-0.4, -0.2) is 48.5 Å². The van der Waals surface area contributed by atoms with Crippen LogP contribution in [0, 0.1) is 0 Å².